The first kappa shape index (κ1) is 5.22. The SMILES string of the molecule is c1cc(-c2cnco2)n[nH]1. The molecule has 2 heterocycles. The minimum Gasteiger partial charge on any atom is -0.442 e. The first-order chi connectivity index (χ1) is 4.97. The molecule has 0 aliphatic rings. The molecule has 0 aliphatic heterocycles. The number of hydrogen-bond acceptors (Lipinski definition) is 3. The molecule has 0 spiro atoms. The number of nitrogens with zero attached hydrogens (tertiary/aromatic N) is 2. The molecule has 50 valence electrons. The largest absolute Gasteiger partial charge is 0.442 e. The number of rotatable bonds is 1. The van der Waals surface area contributed by atoms with Crippen LogP contribution in [0.5, 0.6) is 0 Å². The lowest BCUT2D eigenvalue weighted by atomic mass is 10.4. The van der Waals surface area contributed by atoms with E-state index in [1.165, 1.54) is 6.39 Å². The van der Waals surface area contributed by atoms with Gasteiger partial charge in [-0.05, 0) is 6.07 Å². The Labute approximate surface area is 56.9 Å². The van der Waals surface area contributed by atoms with Gasteiger partial charge in [-0.3, -0.25) is 5.10 Å². The highest BCUT2D eigenvalue weighted by atomic mass is 16.3. The number of aromatic amines is 1. The van der Waals surface area contributed by atoms with E-state index >= 15 is 0 Å². The van der Waals surface area contributed by atoms with Gasteiger partial charge in [0, 0.05) is 6.20 Å². The summed E-state index contributed by atoms with van der Waals surface area (Å²) in [5.41, 5.74) is 0.775. The zero-order valence-corrected chi connectivity index (χ0v) is 5.11. The summed E-state index contributed by atoms with van der Waals surface area (Å²) >= 11 is 0. The zero-order valence-electron chi connectivity index (χ0n) is 5.11. The van der Waals surface area contributed by atoms with Crippen molar-refractivity contribution in [1.29, 1.82) is 0 Å². The summed E-state index contributed by atoms with van der Waals surface area (Å²) in [7, 11) is 0. The summed E-state index contributed by atoms with van der Waals surface area (Å²) in [6.07, 6.45) is 4.73. The highest BCUT2D eigenvalue weighted by Gasteiger charge is 2.00. The molecule has 0 aromatic carbocycles. The standard InChI is InChI=1S/C6H5N3O/c1-2-8-9-5(1)6-3-7-4-10-6/h1-4H,(H,8,9). The third kappa shape index (κ3) is 0.699. The van der Waals surface area contributed by atoms with Crippen molar-refractivity contribution in [2.75, 3.05) is 0 Å². The molecule has 1 N–H and O–H groups in total. The topological polar surface area (TPSA) is 54.7 Å². The van der Waals surface area contributed by atoms with Gasteiger partial charge in [0.2, 0.25) is 0 Å². The van der Waals surface area contributed by atoms with E-state index in [1.807, 2.05) is 6.07 Å². The molecule has 0 atom stereocenters. The van der Waals surface area contributed by atoms with E-state index < -0.39 is 0 Å². The molecule has 0 aliphatic carbocycles. The summed E-state index contributed by atoms with van der Waals surface area (Å²) in [6, 6.07) is 1.82. The maximum absolute atomic E-state index is 4.98. The van der Waals surface area contributed by atoms with Crippen LogP contribution in [0.25, 0.3) is 11.5 Å². The lowest BCUT2D eigenvalue weighted by Crippen LogP contribution is -1.71. The molecular weight excluding hydrogens is 130 g/mol. The average molecular weight is 135 g/mol. The summed E-state index contributed by atoms with van der Waals surface area (Å²) < 4.78 is 4.98. The first-order valence-corrected chi connectivity index (χ1v) is 2.85. The highest BCUT2D eigenvalue weighted by Crippen LogP contribution is 2.13. The predicted molar refractivity (Wildman–Crippen MR) is 34.1 cm³/mol. The van der Waals surface area contributed by atoms with Crippen molar-refractivity contribution in [1.82, 2.24) is 15.2 Å². The fourth-order valence-corrected chi connectivity index (χ4v) is 0.740. The molecule has 0 fully saturated rings. The van der Waals surface area contributed by atoms with Gasteiger partial charge in [-0.2, -0.15) is 5.10 Å². The third-order valence-electron chi connectivity index (χ3n) is 1.19. The van der Waals surface area contributed by atoms with Crippen LogP contribution in [0.4, 0.5) is 0 Å². The van der Waals surface area contributed by atoms with E-state index in [4.69, 9.17) is 4.42 Å². The first-order valence-electron chi connectivity index (χ1n) is 2.85. The number of H-pyrrole nitrogens is 1. The fraction of sp³-hybridized carbons (Fsp3) is 0. The second-order valence-electron chi connectivity index (χ2n) is 1.83. The van der Waals surface area contributed by atoms with Gasteiger partial charge in [-0.1, -0.05) is 0 Å². The van der Waals surface area contributed by atoms with Gasteiger partial charge < -0.3 is 4.42 Å². The molecule has 2 aromatic rings. The van der Waals surface area contributed by atoms with Crippen LogP contribution in [0.2, 0.25) is 0 Å². The van der Waals surface area contributed by atoms with Gasteiger partial charge in [0.25, 0.3) is 0 Å². The summed E-state index contributed by atoms with van der Waals surface area (Å²) in [5, 5.41) is 6.58. The van der Waals surface area contributed by atoms with Crippen molar-refractivity contribution in [3.05, 3.63) is 24.9 Å². The highest BCUT2D eigenvalue weighted by molar-refractivity contribution is 5.48. The Morgan fingerprint density at radius 1 is 1.50 bits per heavy atom. The van der Waals surface area contributed by atoms with Crippen molar-refractivity contribution < 1.29 is 4.42 Å². The lowest BCUT2D eigenvalue weighted by Gasteiger charge is -1.81. The molecule has 0 radical (unpaired) electrons. The van der Waals surface area contributed by atoms with E-state index in [1.54, 1.807) is 12.4 Å². The summed E-state index contributed by atoms with van der Waals surface area (Å²) in [5.74, 6) is 0.682. The number of nitrogens with one attached hydrogen (secondary N) is 1. The van der Waals surface area contributed by atoms with Crippen molar-refractivity contribution >= 4 is 0 Å². The minimum atomic E-state index is 0.682. The van der Waals surface area contributed by atoms with E-state index in [9.17, 15) is 0 Å². The zero-order chi connectivity index (χ0) is 6.81. The second-order valence-corrected chi connectivity index (χ2v) is 1.83. The van der Waals surface area contributed by atoms with Gasteiger partial charge in [0.1, 0.15) is 5.69 Å². The van der Waals surface area contributed by atoms with Crippen LogP contribution >= 0.6 is 0 Å². The van der Waals surface area contributed by atoms with Gasteiger partial charge in [-0.25, -0.2) is 4.98 Å². The Morgan fingerprint density at radius 2 is 2.50 bits per heavy atom. The van der Waals surface area contributed by atoms with Crippen molar-refractivity contribution in [2.24, 2.45) is 0 Å². The maximum Gasteiger partial charge on any atom is 0.181 e. The molecule has 10 heavy (non-hydrogen) atoms. The molecule has 4 heteroatoms. The summed E-state index contributed by atoms with van der Waals surface area (Å²) in [6.45, 7) is 0. The van der Waals surface area contributed by atoms with Gasteiger partial charge >= 0.3 is 0 Å². The Hall–Kier alpha value is -1.58. The fourth-order valence-electron chi connectivity index (χ4n) is 0.740. The Balaban J connectivity index is 2.48. The lowest BCUT2D eigenvalue weighted by molar-refractivity contribution is 0.569. The van der Waals surface area contributed by atoms with Crippen LogP contribution in [0, 0.1) is 0 Å². The molecule has 2 aromatic heterocycles. The van der Waals surface area contributed by atoms with E-state index in [0.29, 0.717) is 5.76 Å². The van der Waals surface area contributed by atoms with Crippen LogP contribution in [0.3, 0.4) is 0 Å². The van der Waals surface area contributed by atoms with Crippen molar-refractivity contribution in [3.8, 4) is 11.5 Å². The Bertz CT molecular complexity index is 252. The Kier molecular flexibility index (Phi) is 1.04. The monoisotopic (exact) mass is 135 g/mol. The molecule has 0 bridgehead atoms. The number of hydrogen-bond donors (Lipinski definition) is 1. The number of aromatic nitrogens is 3. The smallest absolute Gasteiger partial charge is 0.181 e. The molecule has 4 nitrogen and oxygen atoms in total. The van der Waals surface area contributed by atoms with Crippen LogP contribution in [0.15, 0.2) is 29.3 Å². The quantitative estimate of drug-likeness (QED) is 0.636. The average Bonchev–Trinajstić information content (AvgIpc) is 2.59. The molecule has 0 saturated carbocycles. The predicted octanol–water partition coefficient (Wildman–Crippen LogP) is 1.06. The van der Waals surface area contributed by atoms with Gasteiger partial charge in [0.05, 0.1) is 6.20 Å². The second kappa shape index (κ2) is 1.98. The summed E-state index contributed by atoms with van der Waals surface area (Å²) in [4.78, 5) is 3.76. The van der Waals surface area contributed by atoms with Crippen LogP contribution < -0.4 is 0 Å². The molecular formula is C6H5N3O. The van der Waals surface area contributed by atoms with E-state index in [2.05, 4.69) is 15.2 Å². The van der Waals surface area contributed by atoms with Gasteiger partial charge in [0.15, 0.2) is 12.2 Å². The molecule has 0 unspecified atom stereocenters. The van der Waals surface area contributed by atoms with Gasteiger partial charge in [-0.15, -0.1) is 0 Å². The molecule has 0 amide bonds. The molecule has 2 rings (SSSR count). The van der Waals surface area contributed by atoms with E-state index in [-0.39, 0.29) is 0 Å². The van der Waals surface area contributed by atoms with Crippen molar-refractivity contribution in [3.63, 3.8) is 0 Å². The van der Waals surface area contributed by atoms with Crippen molar-refractivity contribution in [2.45, 2.75) is 0 Å². The Morgan fingerprint density at radius 3 is 3.10 bits per heavy atom. The van der Waals surface area contributed by atoms with Crippen LogP contribution in [0.1, 0.15) is 0 Å². The normalized spacial score (nSPS) is 10.0. The van der Waals surface area contributed by atoms with E-state index in [0.717, 1.165) is 5.69 Å². The third-order valence-corrected chi connectivity index (χ3v) is 1.19. The minimum absolute atomic E-state index is 0.682. The van der Waals surface area contributed by atoms with Crippen LogP contribution in [-0.4, -0.2) is 15.2 Å². The number of oxazole rings is 1. The van der Waals surface area contributed by atoms with Crippen LogP contribution in [-0.2, 0) is 0 Å². The maximum atomic E-state index is 4.98. The molecule has 0 saturated heterocycles.